The number of ketones is 1. The zero-order valence-corrected chi connectivity index (χ0v) is 19.0. The molecule has 1 heterocycles. The second-order valence-electron chi connectivity index (χ2n) is 8.22. The lowest BCUT2D eigenvalue weighted by molar-refractivity contribution is -0.155. The van der Waals surface area contributed by atoms with Gasteiger partial charge in [0.05, 0.1) is 6.04 Å². The molecule has 0 saturated carbocycles. The van der Waals surface area contributed by atoms with E-state index in [2.05, 4.69) is 10.6 Å². The maximum absolute atomic E-state index is 12.8. The van der Waals surface area contributed by atoms with Crippen molar-refractivity contribution in [1.29, 1.82) is 0 Å². The van der Waals surface area contributed by atoms with Crippen LogP contribution in [0.4, 0.5) is 18.9 Å². The minimum Gasteiger partial charge on any atom is -0.361 e. The summed E-state index contributed by atoms with van der Waals surface area (Å²) in [6.45, 7) is 2.30. The number of amides is 3. The average molecular weight is 494 g/mol. The Hall–Kier alpha value is -3.96. The quantitative estimate of drug-likeness (QED) is 0.454. The molecule has 0 spiro atoms. The van der Waals surface area contributed by atoms with Crippen molar-refractivity contribution in [2.24, 2.45) is 11.7 Å². The van der Waals surface area contributed by atoms with E-state index in [0.29, 0.717) is 12.0 Å². The highest BCUT2D eigenvalue weighted by Gasteiger charge is 2.36. The number of carbonyl (C=O) groups excluding carboxylic acids is 4. The van der Waals surface area contributed by atoms with Crippen molar-refractivity contribution in [3.05, 3.63) is 64.1 Å². The number of halogens is 3. The number of pyridine rings is 1. The lowest BCUT2D eigenvalue weighted by Gasteiger charge is -2.22. The van der Waals surface area contributed by atoms with E-state index in [1.54, 1.807) is 18.2 Å². The summed E-state index contributed by atoms with van der Waals surface area (Å²) in [6, 6.07) is 8.91. The summed E-state index contributed by atoms with van der Waals surface area (Å²) in [4.78, 5) is 60.3. The average Bonchev–Trinajstić information content (AvgIpc) is 2.74. The summed E-state index contributed by atoms with van der Waals surface area (Å²) >= 11 is 0. The van der Waals surface area contributed by atoms with Crippen molar-refractivity contribution in [2.45, 2.75) is 45.5 Å². The number of rotatable bonds is 9. The van der Waals surface area contributed by atoms with Gasteiger partial charge in [-0.1, -0.05) is 44.2 Å². The molecular weight excluding hydrogens is 469 g/mol. The number of nitrogens with one attached hydrogen (secondary N) is 2. The number of benzene rings is 1. The molecular formula is C23H25F3N4O5. The highest BCUT2D eigenvalue weighted by Crippen LogP contribution is 2.22. The van der Waals surface area contributed by atoms with Crippen molar-refractivity contribution < 1.29 is 32.3 Å². The minimum absolute atomic E-state index is 0.293. The number of nitrogens with zero attached hydrogens (tertiary/aromatic N) is 1. The first-order valence-electron chi connectivity index (χ1n) is 10.5. The fourth-order valence-electron chi connectivity index (χ4n) is 3.32. The van der Waals surface area contributed by atoms with Gasteiger partial charge in [0.15, 0.2) is 5.78 Å². The van der Waals surface area contributed by atoms with Crippen LogP contribution in [-0.4, -0.2) is 40.3 Å². The lowest BCUT2D eigenvalue weighted by atomic mass is 9.97. The predicted octanol–water partition coefficient (Wildman–Crippen LogP) is 1.53. The van der Waals surface area contributed by atoms with Crippen LogP contribution in [0.15, 0.2) is 47.4 Å². The van der Waals surface area contributed by atoms with Gasteiger partial charge in [-0.3, -0.25) is 24.0 Å². The summed E-state index contributed by atoms with van der Waals surface area (Å²) in [5.41, 5.74) is 5.09. The highest BCUT2D eigenvalue weighted by molar-refractivity contribution is 6.39. The number of alkyl halides is 3. The van der Waals surface area contributed by atoms with Crippen LogP contribution >= 0.6 is 0 Å². The molecule has 4 N–H and O–H groups in total. The van der Waals surface area contributed by atoms with E-state index >= 15 is 0 Å². The molecule has 1 unspecified atom stereocenters. The molecule has 1 aromatic carbocycles. The number of primary amides is 1. The van der Waals surface area contributed by atoms with E-state index in [4.69, 9.17) is 5.73 Å². The Kier molecular flexibility index (Phi) is 8.93. The molecule has 188 valence electrons. The van der Waals surface area contributed by atoms with Crippen molar-refractivity contribution in [3.63, 3.8) is 0 Å². The zero-order valence-electron chi connectivity index (χ0n) is 19.0. The fourth-order valence-corrected chi connectivity index (χ4v) is 3.32. The van der Waals surface area contributed by atoms with Gasteiger partial charge in [-0.25, -0.2) is 0 Å². The monoisotopic (exact) mass is 494 g/mol. The minimum atomic E-state index is -4.73. The molecule has 0 bridgehead atoms. The van der Waals surface area contributed by atoms with E-state index in [-0.39, 0.29) is 5.69 Å². The van der Waals surface area contributed by atoms with Gasteiger partial charge in [-0.15, -0.1) is 0 Å². The number of anilines is 1. The SMILES string of the molecule is CC(C)C(NC(=O)Cn1cc(Cc2ccccc2)cc(NC(=O)C(N)=O)c1=O)C(=O)CC(F)(F)F. The molecule has 9 nitrogen and oxygen atoms in total. The first-order valence-corrected chi connectivity index (χ1v) is 10.5. The molecule has 0 aliphatic carbocycles. The molecule has 1 aromatic heterocycles. The van der Waals surface area contributed by atoms with Crippen LogP contribution in [0.2, 0.25) is 0 Å². The molecule has 0 radical (unpaired) electrons. The molecule has 35 heavy (non-hydrogen) atoms. The smallest absolute Gasteiger partial charge is 0.361 e. The molecule has 0 fully saturated rings. The number of carbonyl (C=O) groups is 4. The number of hydrogen-bond donors (Lipinski definition) is 3. The van der Waals surface area contributed by atoms with Crippen LogP contribution in [-0.2, 0) is 32.1 Å². The van der Waals surface area contributed by atoms with E-state index in [9.17, 15) is 37.1 Å². The van der Waals surface area contributed by atoms with Crippen LogP contribution in [0.25, 0.3) is 0 Å². The first-order chi connectivity index (χ1) is 16.3. The van der Waals surface area contributed by atoms with Gasteiger partial charge in [-0.2, -0.15) is 13.2 Å². The van der Waals surface area contributed by atoms with Gasteiger partial charge in [0.1, 0.15) is 18.7 Å². The molecule has 1 atom stereocenters. The summed E-state index contributed by atoms with van der Waals surface area (Å²) in [5, 5.41) is 4.35. The van der Waals surface area contributed by atoms with E-state index in [0.717, 1.165) is 10.1 Å². The van der Waals surface area contributed by atoms with Gasteiger partial charge in [0.2, 0.25) is 5.91 Å². The molecule has 12 heteroatoms. The number of nitrogens with two attached hydrogens (primary N) is 1. The topological polar surface area (TPSA) is 140 Å². The normalized spacial score (nSPS) is 12.2. The summed E-state index contributed by atoms with van der Waals surface area (Å²) in [5.74, 6) is -5.30. The van der Waals surface area contributed by atoms with Gasteiger partial charge in [-0.05, 0) is 29.5 Å². The second-order valence-corrected chi connectivity index (χ2v) is 8.22. The zero-order chi connectivity index (χ0) is 26.3. The van der Waals surface area contributed by atoms with Crippen LogP contribution < -0.4 is 21.9 Å². The van der Waals surface area contributed by atoms with E-state index in [1.807, 2.05) is 12.1 Å². The summed E-state index contributed by atoms with van der Waals surface area (Å²) in [7, 11) is 0. The van der Waals surface area contributed by atoms with Crippen molar-refractivity contribution >= 4 is 29.2 Å². The molecule has 2 rings (SSSR count). The second kappa shape index (κ2) is 11.4. The first kappa shape index (κ1) is 27.3. The molecule has 0 aliphatic heterocycles. The predicted molar refractivity (Wildman–Crippen MR) is 120 cm³/mol. The van der Waals surface area contributed by atoms with Crippen LogP contribution in [0.5, 0.6) is 0 Å². The molecule has 3 amide bonds. The Balaban J connectivity index is 2.34. The van der Waals surface area contributed by atoms with Crippen molar-refractivity contribution in [2.75, 3.05) is 5.32 Å². The summed E-state index contributed by atoms with van der Waals surface area (Å²) in [6.07, 6.45) is -4.80. The van der Waals surface area contributed by atoms with Crippen LogP contribution in [0, 0.1) is 5.92 Å². The molecule has 0 saturated heterocycles. The highest BCUT2D eigenvalue weighted by atomic mass is 19.4. The Morgan fingerprint density at radius 3 is 2.23 bits per heavy atom. The largest absolute Gasteiger partial charge is 0.395 e. The molecule has 0 aliphatic rings. The van der Waals surface area contributed by atoms with E-state index in [1.165, 1.54) is 26.1 Å². The third kappa shape index (κ3) is 8.40. The van der Waals surface area contributed by atoms with Gasteiger partial charge in [0.25, 0.3) is 5.56 Å². The summed E-state index contributed by atoms with van der Waals surface area (Å²) < 4.78 is 38.9. The Labute approximate surface area is 198 Å². The van der Waals surface area contributed by atoms with Crippen molar-refractivity contribution in [3.8, 4) is 0 Å². The Morgan fingerprint density at radius 2 is 1.69 bits per heavy atom. The lowest BCUT2D eigenvalue weighted by Crippen LogP contribution is -2.47. The third-order valence-electron chi connectivity index (χ3n) is 4.88. The van der Waals surface area contributed by atoms with Crippen molar-refractivity contribution in [1.82, 2.24) is 9.88 Å². The standard InChI is InChI=1S/C23H25F3N4O5/c1-13(2)19(17(31)10-23(24,25)26)29-18(32)12-30-11-15(8-14-6-4-3-5-7-14)9-16(22(30)35)28-21(34)20(27)33/h3-7,9,11,13,19H,8,10,12H2,1-2H3,(H2,27,33)(H,28,34)(H,29,32). The van der Waals surface area contributed by atoms with Gasteiger partial charge < -0.3 is 20.9 Å². The third-order valence-corrected chi connectivity index (χ3v) is 4.88. The van der Waals surface area contributed by atoms with Gasteiger partial charge >= 0.3 is 18.0 Å². The number of aromatic nitrogens is 1. The van der Waals surface area contributed by atoms with Gasteiger partial charge in [0, 0.05) is 6.20 Å². The maximum atomic E-state index is 12.8. The van der Waals surface area contributed by atoms with Crippen LogP contribution in [0.3, 0.4) is 0 Å². The van der Waals surface area contributed by atoms with E-state index < -0.39 is 60.2 Å². The Morgan fingerprint density at radius 1 is 1.06 bits per heavy atom. The van der Waals surface area contributed by atoms with Crippen LogP contribution in [0.1, 0.15) is 31.4 Å². The Bertz CT molecular complexity index is 1160. The fraction of sp³-hybridized carbons (Fsp3) is 0.348. The maximum Gasteiger partial charge on any atom is 0.395 e. The molecule has 2 aromatic rings. The number of Topliss-reactive ketones (excluding diaryl/α,β-unsaturated/α-hetero) is 1. The number of hydrogen-bond acceptors (Lipinski definition) is 5.